The lowest BCUT2D eigenvalue weighted by Gasteiger charge is -2.21. The second kappa shape index (κ2) is 8.81. The maximum absolute atomic E-state index is 5.73. The highest BCUT2D eigenvalue weighted by molar-refractivity contribution is 5.31. The van der Waals surface area contributed by atoms with Crippen molar-refractivity contribution in [2.75, 3.05) is 20.3 Å². The third-order valence-corrected chi connectivity index (χ3v) is 3.26. The molecule has 0 bridgehead atoms. The Morgan fingerprint density at radius 2 is 1.74 bits per heavy atom. The monoisotopic (exact) mass is 265 g/mol. The topological polar surface area (TPSA) is 30.5 Å². The van der Waals surface area contributed by atoms with Gasteiger partial charge in [-0.05, 0) is 49.6 Å². The SMILES string of the molecule is CCNC(CCCOc1ccc(OC)cc1)C(C)C. The Bertz CT molecular complexity index is 335. The number of rotatable bonds is 9. The van der Waals surface area contributed by atoms with Crippen LogP contribution >= 0.6 is 0 Å². The van der Waals surface area contributed by atoms with E-state index in [1.54, 1.807) is 7.11 Å². The van der Waals surface area contributed by atoms with Crippen molar-refractivity contribution < 1.29 is 9.47 Å². The Morgan fingerprint density at radius 3 is 2.26 bits per heavy atom. The normalized spacial score (nSPS) is 12.5. The molecule has 0 saturated carbocycles. The Morgan fingerprint density at radius 1 is 1.11 bits per heavy atom. The first kappa shape index (κ1) is 15.8. The molecular formula is C16H27NO2. The lowest BCUT2D eigenvalue weighted by atomic mass is 9.99. The zero-order valence-electron chi connectivity index (χ0n) is 12.6. The summed E-state index contributed by atoms with van der Waals surface area (Å²) in [4.78, 5) is 0. The second-order valence-electron chi connectivity index (χ2n) is 5.07. The van der Waals surface area contributed by atoms with Crippen LogP contribution in [0.2, 0.25) is 0 Å². The average molecular weight is 265 g/mol. The lowest BCUT2D eigenvalue weighted by molar-refractivity contribution is 0.282. The summed E-state index contributed by atoms with van der Waals surface area (Å²) in [5, 5.41) is 3.52. The van der Waals surface area contributed by atoms with E-state index in [0.717, 1.165) is 37.5 Å². The molecule has 1 aromatic rings. The molecule has 0 heterocycles. The Labute approximate surface area is 117 Å². The van der Waals surface area contributed by atoms with Crippen molar-refractivity contribution in [2.24, 2.45) is 5.92 Å². The first-order valence-corrected chi connectivity index (χ1v) is 7.17. The van der Waals surface area contributed by atoms with Crippen LogP contribution in [0.1, 0.15) is 33.6 Å². The molecule has 0 radical (unpaired) electrons. The molecule has 0 aliphatic heterocycles. The number of hydrogen-bond donors (Lipinski definition) is 1. The zero-order valence-corrected chi connectivity index (χ0v) is 12.6. The van der Waals surface area contributed by atoms with Crippen molar-refractivity contribution in [2.45, 2.75) is 39.7 Å². The molecule has 108 valence electrons. The van der Waals surface area contributed by atoms with Gasteiger partial charge in [-0.15, -0.1) is 0 Å². The van der Waals surface area contributed by atoms with Crippen molar-refractivity contribution in [1.82, 2.24) is 5.32 Å². The molecule has 1 atom stereocenters. The molecule has 0 amide bonds. The van der Waals surface area contributed by atoms with E-state index in [9.17, 15) is 0 Å². The van der Waals surface area contributed by atoms with Gasteiger partial charge >= 0.3 is 0 Å². The summed E-state index contributed by atoms with van der Waals surface area (Å²) in [6.07, 6.45) is 2.23. The number of methoxy groups -OCH3 is 1. The number of hydrogen-bond acceptors (Lipinski definition) is 3. The van der Waals surface area contributed by atoms with Gasteiger partial charge in [0.2, 0.25) is 0 Å². The van der Waals surface area contributed by atoms with Crippen LogP contribution in [0, 0.1) is 5.92 Å². The van der Waals surface area contributed by atoms with Crippen LogP contribution in [0.25, 0.3) is 0 Å². The minimum absolute atomic E-state index is 0.587. The first-order chi connectivity index (χ1) is 9.17. The maximum atomic E-state index is 5.73. The molecule has 1 aromatic carbocycles. The fourth-order valence-electron chi connectivity index (χ4n) is 2.10. The number of nitrogens with one attached hydrogen (secondary N) is 1. The van der Waals surface area contributed by atoms with Gasteiger partial charge in [-0.2, -0.15) is 0 Å². The van der Waals surface area contributed by atoms with E-state index in [4.69, 9.17) is 9.47 Å². The van der Waals surface area contributed by atoms with E-state index in [0.29, 0.717) is 12.0 Å². The Balaban J connectivity index is 2.25. The quantitative estimate of drug-likeness (QED) is 0.693. The van der Waals surface area contributed by atoms with Crippen molar-refractivity contribution in [3.05, 3.63) is 24.3 Å². The second-order valence-corrected chi connectivity index (χ2v) is 5.07. The van der Waals surface area contributed by atoms with Gasteiger partial charge in [-0.3, -0.25) is 0 Å². The van der Waals surface area contributed by atoms with Gasteiger partial charge in [0.1, 0.15) is 11.5 Å². The van der Waals surface area contributed by atoms with E-state index in [1.807, 2.05) is 24.3 Å². The molecule has 0 aliphatic rings. The first-order valence-electron chi connectivity index (χ1n) is 7.17. The predicted molar refractivity (Wildman–Crippen MR) is 80.0 cm³/mol. The van der Waals surface area contributed by atoms with Crippen LogP contribution in [-0.4, -0.2) is 26.3 Å². The van der Waals surface area contributed by atoms with Crippen molar-refractivity contribution >= 4 is 0 Å². The lowest BCUT2D eigenvalue weighted by Crippen LogP contribution is -2.33. The van der Waals surface area contributed by atoms with E-state index in [1.165, 1.54) is 0 Å². The minimum atomic E-state index is 0.587. The highest BCUT2D eigenvalue weighted by Crippen LogP contribution is 2.17. The minimum Gasteiger partial charge on any atom is -0.497 e. The van der Waals surface area contributed by atoms with Crippen molar-refractivity contribution in [3.8, 4) is 11.5 Å². The third-order valence-electron chi connectivity index (χ3n) is 3.26. The van der Waals surface area contributed by atoms with E-state index < -0.39 is 0 Å². The van der Waals surface area contributed by atoms with Crippen LogP contribution in [0.5, 0.6) is 11.5 Å². The summed E-state index contributed by atoms with van der Waals surface area (Å²) >= 11 is 0. The summed E-state index contributed by atoms with van der Waals surface area (Å²) < 4.78 is 10.8. The summed E-state index contributed by atoms with van der Waals surface area (Å²) in [7, 11) is 1.67. The number of ether oxygens (including phenoxy) is 2. The van der Waals surface area contributed by atoms with Gasteiger partial charge in [0.25, 0.3) is 0 Å². The van der Waals surface area contributed by atoms with Gasteiger partial charge in [-0.1, -0.05) is 20.8 Å². The zero-order chi connectivity index (χ0) is 14.1. The average Bonchev–Trinajstić information content (AvgIpc) is 2.42. The van der Waals surface area contributed by atoms with Crippen molar-refractivity contribution in [3.63, 3.8) is 0 Å². The molecule has 3 heteroatoms. The maximum Gasteiger partial charge on any atom is 0.119 e. The molecule has 0 saturated heterocycles. The molecule has 1 N–H and O–H groups in total. The van der Waals surface area contributed by atoms with Gasteiger partial charge < -0.3 is 14.8 Å². The van der Waals surface area contributed by atoms with Gasteiger partial charge in [0.05, 0.1) is 13.7 Å². The molecule has 0 aromatic heterocycles. The van der Waals surface area contributed by atoms with E-state index in [2.05, 4.69) is 26.1 Å². The van der Waals surface area contributed by atoms with Gasteiger partial charge in [-0.25, -0.2) is 0 Å². The van der Waals surface area contributed by atoms with Crippen LogP contribution in [0.15, 0.2) is 24.3 Å². The molecule has 1 rings (SSSR count). The van der Waals surface area contributed by atoms with Crippen LogP contribution in [0.3, 0.4) is 0 Å². The Kier molecular flexibility index (Phi) is 7.34. The van der Waals surface area contributed by atoms with E-state index >= 15 is 0 Å². The summed E-state index contributed by atoms with van der Waals surface area (Å²) in [6.45, 7) is 8.47. The predicted octanol–water partition coefficient (Wildman–Crippen LogP) is 3.49. The molecule has 3 nitrogen and oxygen atoms in total. The van der Waals surface area contributed by atoms with E-state index in [-0.39, 0.29) is 0 Å². The van der Waals surface area contributed by atoms with Gasteiger partial charge in [0.15, 0.2) is 0 Å². The summed E-state index contributed by atoms with van der Waals surface area (Å²) in [6, 6.07) is 8.33. The molecule has 1 unspecified atom stereocenters. The highest BCUT2D eigenvalue weighted by atomic mass is 16.5. The van der Waals surface area contributed by atoms with Gasteiger partial charge in [0, 0.05) is 6.04 Å². The fraction of sp³-hybridized carbons (Fsp3) is 0.625. The largest absolute Gasteiger partial charge is 0.497 e. The highest BCUT2D eigenvalue weighted by Gasteiger charge is 2.11. The smallest absolute Gasteiger partial charge is 0.119 e. The summed E-state index contributed by atoms with van der Waals surface area (Å²) in [5.74, 6) is 2.44. The summed E-state index contributed by atoms with van der Waals surface area (Å²) in [5.41, 5.74) is 0. The van der Waals surface area contributed by atoms with Crippen molar-refractivity contribution in [1.29, 1.82) is 0 Å². The molecule has 0 aliphatic carbocycles. The Hall–Kier alpha value is -1.22. The standard InChI is InChI=1S/C16H27NO2/c1-5-17-16(13(2)3)7-6-12-19-15-10-8-14(18-4)9-11-15/h8-11,13,16-17H,5-7,12H2,1-4H3. The third kappa shape index (κ3) is 5.97. The molecule has 19 heavy (non-hydrogen) atoms. The molecule has 0 fully saturated rings. The van der Waals surface area contributed by atoms with Crippen LogP contribution < -0.4 is 14.8 Å². The number of benzene rings is 1. The fourth-order valence-corrected chi connectivity index (χ4v) is 2.10. The molecule has 0 spiro atoms. The van der Waals surface area contributed by atoms with Crippen LogP contribution in [0.4, 0.5) is 0 Å². The molecular weight excluding hydrogens is 238 g/mol. The van der Waals surface area contributed by atoms with Crippen LogP contribution in [-0.2, 0) is 0 Å².